The van der Waals surface area contributed by atoms with E-state index in [4.69, 9.17) is 11.6 Å². The average Bonchev–Trinajstić information content (AvgIpc) is 2.03. The van der Waals surface area contributed by atoms with E-state index in [0.29, 0.717) is 5.69 Å². The van der Waals surface area contributed by atoms with Crippen molar-refractivity contribution in [3.8, 4) is 0 Å². The number of benzene rings is 1. The molecule has 0 spiro atoms. The summed E-state index contributed by atoms with van der Waals surface area (Å²) in [6.07, 6.45) is 0. The lowest BCUT2D eigenvalue weighted by atomic mass is 10.2. The second-order valence-electron chi connectivity index (χ2n) is 2.22. The molecule has 0 fully saturated rings. The van der Waals surface area contributed by atoms with Crippen LogP contribution in [-0.2, 0) is 10.9 Å². The van der Waals surface area contributed by atoms with Crippen molar-refractivity contribution >= 4 is 33.4 Å². The number of hydrogen-bond acceptors (Lipinski definition) is 3. The van der Waals surface area contributed by atoms with Crippen LogP contribution in [0, 0.1) is 0 Å². The van der Waals surface area contributed by atoms with Gasteiger partial charge in [0.25, 0.3) is 5.24 Å². The van der Waals surface area contributed by atoms with E-state index in [2.05, 4.69) is 4.72 Å². The molecule has 0 radical (unpaired) electrons. The van der Waals surface area contributed by atoms with Crippen LogP contribution in [0.15, 0.2) is 24.3 Å². The Labute approximate surface area is 81.6 Å². The van der Waals surface area contributed by atoms with Crippen LogP contribution in [0.1, 0.15) is 10.4 Å². The van der Waals surface area contributed by atoms with Gasteiger partial charge < -0.3 is 0 Å². The van der Waals surface area contributed by atoms with Crippen molar-refractivity contribution in [3.63, 3.8) is 0 Å². The fourth-order valence-electron chi connectivity index (χ4n) is 0.816. The number of hydrogen-bond donors (Lipinski definition) is 2. The van der Waals surface area contributed by atoms with Crippen LogP contribution >= 0.6 is 11.6 Å². The normalized spacial score (nSPS) is 10.0. The first-order valence-corrected chi connectivity index (χ1v) is 4.86. The van der Waals surface area contributed by atoms with E-state index in [1.54, 1.807) is 0 Å². The monoisotopic (exact) mass is 219 g/mol. The minimum atomic E-state index is -2.71. The maximum Gasteiger partial charge on any atom is 0.252 e. The third-order valence-corrected chi connectivity index (χ3v) is 1.97. The number of carbonyl (C=O) groups is 1. The maximum atomic E-state index is 10.7. The lowest BCUT2D eigenvalue weighted by molar-refractivity contribution is 0.108. The molecule has 0 bridgehead atoms. The van der Waals surface area contributed by atoms with Crippen molar-refractivity contribution in [1.29, 1.82) is 0 Å². The van der Waals surface area contributed by atoms with Crippen molar-refractivity contribution in [2.45, 2.75) is 0 Å². The Hall–Kier alpha value is -1.07. The molecule has 1 rings (SSSR count). The zero-order valence-corrected chi connectivity index (χ0v) is 8.01. The molecule has 0 amide bonds. The van der Waals surface area contributed by atoms with Crippen molar-refractivity contribution in [3.05, 3.63) is 29.8 Å². The van der Waals surface area contributed by atoms with Gasteiger partial charge >= 0.3 is 0 Å². The smallest absolute Gasteiger partial charge is 0.252 e. The lowest BCUT2D eigenvalue weighted by Crippen LogP contribution is -1.96. The first-order valence-electron chi connectivity index (χ1n) is 3.30. The van der Waals surface area contributed by atoms with Gasteiger partial charge in [-0.15, -0.1) is 0 Å². The van der Waals surface area contributed by atoms with E-state index in [9.17, 15) is 13.2 Å². The summed E-state index contributed by atoms with van der Waals surface area (Å²) in [5, 5.41) is -0.621. The third-order valence-electron chi connectivity index (χ3n) is 1.31. The maximum absolute atomic E-state index is 10.7. The molecule has 1 N–H and O–H groups in total. The predicted octanol–water partition coefficient (Wildman–Crippen LogP) is 1.00. The molecule has 0 atom stereocenters. The van der Waals surface area contributed by atoms with Crippen LogP contribution in [0.2, 0.25) is 0 Å². The molecule has 0 saturated carbocycles. The van der Waals surface area contributed by atoms with E-state index >= 15 is 0 Å². The van der Waals surface area contributed by atoms with E-state index < -0.39 is 16.1 Å². The highest BCUT2D eigenvalue weighted by Crippen LogP contribution is 2.11. The Bertz CT molecular complexity index is 394. The third kappa shape index (κ3) is 3.04. The quantitative estimate of drug-likeness (QED) is 0.589. The molecule has 6 heteroatoms. The molecule has 0 saturated heterocycles. The van der Waals surface area contributed by atoms with Gasteiger partial charge in [0, 0.05) is 11.3 Å². The Morgan fingerprint density at radius 3 is 2.62 bits per heavy atom. The minimum absolute atomic E-state index is 0.253. The SMILES string of the molecule is O=C(Cl)c1cccc(N[SH](=O)=O)c1. The van der Waals surface area contributed by atoms with Gasteiger partial charge in [0.2, 0.25) is 10.9 Å². The summed E-state index contributed by atoms with van der Waals surface area (Å²) >= 11 is 5.19. The van der Waals surface area contributed by atoms with Crippen LogP contribution in [0.25, 0.3) is 0 Å². The molecule has 0 unspecified atom stereocenters. The number of halogens is 1. The Balaban J connectivity index is 2.98. The Morgan fingerprint density at radius 2 is 2.08 bits per heavy atom. The molecule has 13 heavy (non-hydrogen) atoms. The largest absolute Gasteiger partial charge is 0.286 e. The highest BCUT2D eigenvalue weighted by Gasteiger charge is 2.01. The first-order chi connectivity index (χ1) is 6.09. The van der Waals surface area contributed by atoms with Crippen molar-refractivity contribution in [1.82, 2.24) is 0 Å². The summed E-state index contributed by atoms with van der Waals surface area (Å²) in [5.41, 5.74) is 0.575. The first kappa shape index (κ1) is 10.0. The van der Waals surface area contributed by atoms with Gasteiger partial charge in [-0.3, -0.25) is 9.52 Å². The van der Waals surface area contributed by atoms with Gasteiger partial charge in [-0.1, -0.05) is 6.07 Å². The number of rotatable bonds is 3. The second-order valence-corrected chi connectivity index (χ2v) is 3.30. The summed E-state index contributed by atoms with van der Waals surface area (Å²) in [7, 11) is -2.71. The molecule has 0 aliphatic carbocycles. The fourth-order valence-corrected chi connectivity index (χ4v) is 1.28. The molecule has 1 aromatic rings. The molecule has 4 nitrogen and oxygen atoms in total. The predicted molar refractivity (Wildman–Crippen MR) is 50.6 cm³/mol. The zero-order chi connectivity index (χ0) is 9.84. The summed E-state index contributed by atoms with van der Waals surface area (Å²) < 4.78 is 22.7. The zero-order valence-electron chi connectivity index (χ0n) is 6.36. The lowest BCUT2D eigenvalue weighted by Gasteiger charge is -1.99. The van der Waals surface area contributed by atoms with E-state index in [1.807, 2.05) is 0 Å². The molecular weight excluding hydrogens is 214 g/mol. The van der Waals surface area contributed by atoms with E-state index in [1.165, 1.54) is 24.3 Å². The van der Waals surface area contributed by atoms with Gasteiger partial charge in [-0.2, -0.15) is 0 Å². The van der Waals surface area contributed by atoms with Gasteiger partial charge in [0.15, 0.2) is 0 Å². The number of carbonyl (C=O) groups excluding carboxylic acids is 1. The molecule has 0 heterocycles. The average molecular weight is 220 g/mol. The molecule has 0 aromatic heterocycles. The topological polar surface area (TPSA) is 63.2 Å². The van der Waals surface area contributed by atoms with Crippen LogP contribution in [0.5, 0.6) is 0 Å². The van der Waals surface area contributed by atoms with Crippen LogP contribution < -0.4 is 4.72 Å². The second kappa shape index (κ2) is 4.25. The summed E-state index contributed by atoms with van der Waals surface area (Å²) in [6.45, 7) is 0. The summed E-state index contributed by atoms with van der Waals surface area (Å²) in [6, 6.07) is 5.92. The van der Waals surface area contributed by atoms with Crippen LogP contribution in [0.4, 0.5) is 5.69 Å². The van der Waals surface area contributed by atoms with E-state index in [0.717, 1.165) is 0 Å². The Morgan fingerprint density at radius 1 is 1.38 bits per heavy atom. The van der Waals surface area contributed by atoms with Gasteiger partial charge in [0.1, 0.15) is 0 Å². The standard InChI is InChI=1S/C7H6ClNO3S/c8-7(10)5-2-1-3-6(4-5)9-13(11)12/h1-4,13H,(H,9,11,12). The highest BCUT2D eigenvalue weighted by atomic mass is 35.5. The number of anilines is 1. The van der Waals surface area contributed by atoms with Crippen molar-refractivity contribution in [2.75, 3.05) is 4.72 Å². The Kier molecular flexibility index (Phi) is 3.27. The van der Waals surface area contributed by atoms with E-state index in [-0.39, 0.29) is 5.56 Å². The number of nitrogens with one attached hydrogen (secondary N) is 1. The fraction of sp³-hybridized carbons (Fsp3) is 0. The van der Waals surface area contributed by atoms with Gasteiger partial charge in [-0.05, 0) is 29.8 Å². The van der Waals surface area contributed by atoms with Crippen molar-refractivity contribution in [2.24, 2.45) is 0 Å². The van der Waals surface area contributed by atoms with Crippen molar-refractivity contribution < 1.29 is 13.2 Å². The molecule has 0 aliphatic heterocycles. The molecule has 0 aliphatic rings. The van der Waals surface area contributed by atoms with Crippen LogP contribution in [0.3, 0.4) is 0 Å². The molecule has 70 valence electrons. The molecule has 1 aromatic carbocycles. The molecular formula is C7H6ClNO3S. The number of thiol groups is 1. The van der Waals surface area contributed by atoms with Crippen LogP contribution in [-0.4, -0.2) is 13.7 Å². The minimum Gasteiger partial charge on any atom is -0.286 e. The highest BCUT2D eigenvalue weighted by molar-refractivity contribution is 7.73. The van der Waals surface area contributed by atoms with Gasteiger partial charge in [-0.25, -0.2) is 8.42 Å². The summed E-state index contributed by atoms with van der Waals surface area (Å²) in [5.74, 6) is 0. The van der Waals surface area contributed by atoms with Gasteiger partial charge in [0.05, 0.1) is 0 Å². The summed E-state index contributed by atoms with van der Waals surface area (Å²) in [4.78, 5) is 10.7.